The Hall–Kier alpha value is -1.26. The number of ether oxygens (including phenoxy) is 2. The molecule has 1 aromatic carbocycles. The Morgan fingerprint density at radius 1 is 1.35 bits per heavy atom. The van der Waals surface area contributed by atoms with E-state index in [1.165, 1.54) is 5.56 Å². The normalized spacial score (nSPS) is 27.6. The van der Waals surface area contributed by atoms with Crippen LogP contribution in [-0.2, 0) is 6.54 Å². The van der Waals surface area contributed by atoms with Gasteiger partial charge in [-0.3, -0.25) is 4.90 Å². The van der Waals surface area contributed by atoms with Gasteiger partial charge in [0.25, 0.3) is 0 Å². The van der Waals surface area contributed by atoms with E-state index in [0.717, 1.165) is 37.6 Å². The van der Waals surface area contributed by atoms with Crippen molar-refractivity contribution in [2.45, 2.75) is 25.5 Å². The van der Waals surface area contributed by atoms with E-state index >= 15 is 0 Å². The maximum atomic E-state index is 9.91. The molecule has 4 nitrogen and oxygen atoms in total. The molecule has 1 aromatic rings. The summed E-state index contributed by atoms with van der Waals surface area (Å²) < 4.78 is 10.6. The molecule has 1 fully saturated rings. The minimum atomic E-state index is -0.531. The Bertz CT molecular complexity index is 431. The smallest absolute Gasteiger partial charge is 0.231 e. The van der Waals surface area contributed by atoms with Gasteiger partial charge in [-0.25, -0.2) is 0 Å². The Labute approximate surface area is 101 Å². The number of aliphatic hydroxyl groups is 1. The third kappa shape index (κ3) is 2.23. The van der Waals surface area contributed by atoms with Gasteiger partial charge in [0.05, 0.1) is 5.60 Å². The molecule has 1 atom stereocenters. The second kappa shape index (κ2) is 3.89. The van der Waals surface area contributed by atoms with Crippen molar-refractivity contribution in [2.75, 3.05) is 19.9 Å². The molecule has 0 amide bonds. The van der Waals surface area contributed by atoms with Gasteiger partial charge in [-0.2, -0.15) is 0 Å². The lowest BCUT2D eigenvalue weighted by Gasteiger charge is -2.18. The van der Waals surface area contributed by atoms with Crippen molar-refractivity contribution in [1.29, 1.82) is 0 Å². The van der Waals surface area contributed by atoms with Crippen LogP contribution in [0.15, 0.2) is 18.2 Å². The average molecular weight is 235 g/mol. The molecule has 1 N–H and O–H groups in total. The fraction of sp³-hybridized carbons (Fsp3) is 0.538. The Balaban J connectivity index is 1.70. The van der Waals surface area contributed by atoms with Crippen molar-refractivity contribution in [3.05, 3.63) is 23.8 Å². The summed E-state index contributed by atoms with van der Waals surface area (Å²) in [4.78, 5) is 2.26. The van der Waals surface area contributed by atoms with Crippen molar-refractivity contribution in [2.24, 2.45) is 0 Å². The molecule has 0 bridgehead atoms. The molecule has 4 heteroatoms. The Morgan fingerprint density at radius 3 is 2.94 bits per heavy atom. The summed E-state index contributed by atoms with van der Waals surface area (Å²) in [7, 11) is 0. The fourth-order valence-corrected chi connectivity index (χ4v) is 2.47. The first-order chi connectivity index (χ1) is 8.12. The third-order valence-corrected chi connectivity index (χ3v) is 3.37. The van der Waals surface area contributed by atoms with Crippen LogP contribution in [0, 0.1) is 0 Å². The summed E-state index contributed by atoms with van der Waals surface area (Å²) in [6.07, 6.45) is 0.845. The van der Waals surface area contributed by atoms with Crippen LogP contribution in [-0.4, -0.2) is 35.5 Å². The van der Waals surface area contributed by atoms with Gasteiger partial charge in [-0.05, 0) is 31.0 Å². The zero-order valence-corrected chi connectivity index (χ0v) is 9.98. The van der Waals surface area contributed by atoms with Gasteiger partial charge in [0.2, 0.25) is 6.79 Å². The van der Waals surface area contributed by atoms with Gasteiger partial charge < -0.3 is 14.6 Å². The maximum Gasteiger partial charge on any atom is 0.231 e. The lowest BCUT2D eigenvalue weighted by atomic mass is 10.1. The number of nitrogens with zero attached hydrogens (tertiary/aromatic N) is 1. The highest BCUT2D eigenvalue weighted by Crippen LogP contribution is 2.33. The zero-order chi connectivity index (χ0) is 11.9. The Kier molecular flexibility index (Phi) is 2.49. The minimum absolute atomic E-state index is 0.317. The molecule has 3 rings (SSSR count). The third-order valence-electron chi connectivity index (χ3n) is 3.37. The maximum absolute atomic E-state index is 9.91. The predicted molar refractivity (Wildman–Crippen MR) is 63.1 cm³/mol. The zero-order valence-electron chi connectivity index (χ0n) is 9.98. The molecule has 1 saturated heterocycles. The van der Waals surface area contributed by atoms with E-state index in [0.29, 0.717) is 6.79 Å². The van der Waals surface area contributed by atoms with Gasteiger partial charge in [-0.15, -0.1) is 0 Å². The first-order valence-electron chi connectivity index (χ1n) is 5.96. The fourth-order valence-electron chi connectivity index (χ4n) is 2.47. The lowest BCUT2D eigenvalue weighted by Crippen LogP contribution is -2.29. The number of hydrogen-bond acceptors (Lipinski definition) is 4. The molecule has 0 aliphatic carbocycles. The van der Waals surface area contributed by atoms with Crippen LogP contribution in [0.2, 0.25) is 0 Å². The van der Waals surface area contributed by atoms with Crippen LogP contribution >= 0.6 is 0 Å². The first kappa shape index (κ1) is 10.9. The van der Waals surface area contributed by atoms with Crippen LogP contribution < -0.4 is 9.47 Å². The van der Waals surface area contributed by atoms with E-state index < -0.39 is 5.60 Å². The van der Waals surface area contributed by atoms with Gasteiger partial charge in [-0.1, -0.05) is 6.07 Å². The van der Waals surface area contributed by atoms with Crippen molar-refractivity contribution < 1.29 is 14.6 Å². The number of rotatable bonds is 2. The van der Waals surface area contributed by atoms with Crippen LogP contribution in [0.1, 0.15) is 18.9 Å². The summed E-state index contributed by atoms with van der Waals surface area (Å²) in [6.45, 7) is 4.75. The molecule has 2 heterocycles. The van der Waals surface area contributed by atoms with Gasteiger partial charge >= 0.3 is 0 Å². The highest BCUT2D eigenvalue weighted by atomic mass is 16.7. The molecule has 0 spiro atoms. The monoisotopic (exact) mass is 235 g/mol. The first-order valence-corrected chi connectivity index (χ1v) is 5.96. The number of likely N-dealkylation sites (tertiary alicyclic amines) is 1. The Morgan fingerprint density at radius 2 is 2.18 bits per heavy atom. The van der Waals surface area contributed by atoms with Crippen molar-refractivity contribution in [1.82, 2.24) is 4.90 Å². The molecule has 0 aromatic heterocycles. The average Bonchev–Trinajstić information content (AvgIpc) is 2.84. The van der Waals surface area contributed by atoms with E-state index in [4.69, 9.17) is 9.47 Å². The second-order valence-corrected chi connectivity index (χ2v) is 5.15. The number of fused-ring (bicyclic) bond motifs is 1. The number of β-amino-alcohol motifs (C(OH)–C–C–N with tert-alkyl or cyclic N) is 1. The summed E-state index contributed by atoms with van der Waals surface area (Å²) >= 11 is 0. The summed E-state index contributed by atoms with van der Waals surface area (Å²) in [5.41, 5.74) is 0.669. The standard InChI is InChI=1S/C13H17NO3/c1-13(15)4-5-14(8-13)7-10-2-3-11-12(6-10)17-9-16-11/h2-3,6,15H,4-5,7-9H2,1H3. The van der Waals surface area contributed by atoms with Gasteiger partial charge in [0.1, 0.15) is 0 Å². The largest absolute Gasteiger partial charge is 0.454 e. The predicted octanol–water partition coefficient (Wildman–Crippen LogP) is 1.37. The van der Waals surface area contributed by atoms with Crippen molar-refractivity contribution in [3.63, 3.8) is 0 Å². The van der Waals surface area contributed by atoms with E-state index in [9.17, 15) is 5.11 Å². The van der Waals surface area contributed by atoms with Crippen molar-refractivity contribution in [3.8, 4) is 11.5 Å². The quantitative estimate of drug-likeness (QED) is 0.840. The lowest BCUT2D eigenvalue weighted by molar-refractivity contribution is 0.0679. The molecule has 92 valence electrons. The summed E-state index contributed by atoms with van der Waals surface area (Å²) in [5.74, 6) is 1.65. The molecular formula is C13H17NO3. The second-order valence-electron chi connectivity index (χ2n) is 5.15. The minimum Gasteiger partial charge on any atom is -0.454 e. The van der Waals surface area contributed by atoms with Crippen LogP contribution in [0.5, 0.6) is 11.5 Å². The van der Waals surface area contributed by atoms with Crippen LogP contribution in [0.4, 0.5) is 0 Å². The van der Waals surface area contributed by atoms with Gasteiger partial charge in [0, 0.05) is 19.6 Å². The SMILES string of the molecule is CC1(O)CCN(Cc2ccc3c(c2)OCO3)C1. The van der Waals surface area contributed by atoms with E-state index in [1.54, 1.807) is 0 Å². The van der Waals surface area contributed by atoms with Gasteiger partial charge in [0.15, 0.2) is 11.5 Å². The molecular weight excluding hydrogens is 218 g/mol. The van der Waals surface area contributed by atoms with Crippen molar-refractivity contribution >= 4 is 0 Å². The molecule has 17 heavy (non-hydrogen) atoms. The molecule has 2 aliphatic heterocycles. The van der Waals surface area contributed by atoms with E-state index in [2.05, 4.69) is 11.0 Å². The number of hydrogen-bond donors (Lipinski definition) is 1. The number of benzene rings is 1. The van der Waals surface area contributed by atoms with E-state index in [-0.39, 0.29) is 0 Å². The summed E-state index contributed by atoms with van der Waals surface area (Å²) in [5, 5.41) is 9.91. The highest BCUT2D eigenvalue weighted by Gasteiger charge is 2.31. The van der Waals surface area contributed by atoms with Crippen LogP contribution in [0.25, 0.3) is 0 Å². The van der Waals surface area contributed by atoms with E-state index in [1.807, 2.05) is 19.1 Å². The highest BCUT2D eigenvalue weighted by molar-refractivity contribution is 5.44. The van der Waals surface area contributed by atoms with Crippen LogP contribution in [0.3, 0.4) is 0 Å². The molecule has 0 radical (unpaired) electrons. The molecule has 0 saturated carbocycles. The molecule has 1 unspecified atom stereocenters. The molecule has 2 aliphatic rings. The summed E-state index contributed by atoms with van der Waals surface area (Å²) in [6, 6.07) is 6.03. The topological polar surface area (TPSA) is 41.9 Å².